The third kappa shape index (κ3) is 2.80. The number of aromatic carboxylic acids is 1. The van der Waals surface area contributed by atoms with Crippen LogP contribution in [0.3, 0.4) is 0 Å². The Kier molecular flexibility index (Phi) is 3.47. The van der Waals surface area contributed by atoms with Crippen molar-refractivity contribution in [2.75, 3.05) is 5.32 Å². The number of carbonyl (C=O) groups excluding carboxylic acids is 1. The lowest BCUT2D eigenvalue weighted by molar-refractivity contribution is -0.117. The molecule has 2 unspecified atom stereocenters. The van der Waals surface area contributed by atoms with Gasteiger partial charge in [-0.3, -0.25) is 4.79 Å². The van der Waals surface area contributed by atoms with E-state index in [1.54, 1.807) is 6.92 Å². The Morgan fingerprint density at radius 2 is 2.05 bits per heavy atom. The number of hydrogen-bond acceptors (Lipinski definition) is 4. The van der Waals surface area contributed by atoms with E-state index in [-0.39, 0.29) is 22.6 Å². The second-order valence-corrected chi connectivity index (χ2v) is 6.09. The van der Waals surface area contributed by atoms with Gasteiger partial charge in [-0.05, 0) is 24.8 Å². The summed E-state index contributed by atoms with van der Waals surface area (Å²) >= 11 is 0.996. The van der Waals surface area contributed by atoms with Gasteiger partial charge in [-0.25, -0.2) is 9.78 Å². The fourth-order valence-corrected chi connectivity index (χ4v) is 3.21. The number of aromatic nitrogens is 1. The molecule has 3 rings (SSSR count). The molecule has 2 aromatic rings. The fourth-order valence-electron chi connectivity index (χ4n) is 2.40. The summed E-state index contributed by atoms with van der Waals surface area (Å²) in [4.78, 5) is 27.4. The Bertz CT molecular complexity index is 696. The largest absolute Gasteiger partial charge is 0.477 e. The molecule has 0 spiro atoms. The first kappa shape index (κ1) is 13.8. The van der Waals surface area contributed by atoms with Crippen molar-refractivity contribution in [1.29, 1.82) is 0 Å². The maximum absolute atomic E-state index is 12.2. The van der Waals surface area contributed by atoms with Crippen LogP contribution in [0.1, 0.15) is 33.3 Å². The second-order valence-electron chi connectivity index (χ2n) is 5.09. The Balaban J connectivity index is 1.66. The van der Waals surface area contributed by atoms with E-state index in [4.69, 9.17) is 5.11 Å². The summed E-state index contributed by atoms with van der Waals surface area (Å²) in [5.41, 5.74) is 1.59. The lowest BCUT2D eigenvalue weighted by atomic mass is 10.1. The van der Waals surface area contributed by atoms with Gasteiger partial charge < -0.3 is 10.4 Å². The van der Waals surface area contributed by atoms with E-state index in [1.807, 2.05) is 30.3 Å². The fraction of sp³-hybridized carbons (Fsp3) is 0.267. The highest BCUT2D eigenvalue weighted by atomic mass is 32.1. The van der Waals surface area contributed by atoms with Crippen LogP contribution in [0.25, 0.3) is 0 Å². The zero-order valence-corrected chi connectivity index (χ0v) is 12.2. The van der Waals surface area contributed by atoms with Gasteiger partial charge in [0.15, 0.2) is 5.13 Å². The molecule has 1 aromatic heterocycles. The number of benzene rings is 1. The Morgan fingerprint density at radius 1 is 1.33 bits per heavy atom. The van der Waals surface area contributed by atoms with Crippen molar-refractivity contribution >= 4 is 28.3 Å². The molecule has 0 aliphatic heterocycles. The maximum atomic E-state index is 12.2. The van der Waals surface area contributed by atoms with E-state index in [2.05, 4.69) is 10.3 Å². The molecule has 21 heavy (non-hydrogen) atoms. The molecular weight excluding hydrogens is 288 g/mol. The van der Waals surface area contributed by atoms with Gasteiger partial charge in [0.25, 0.3) is 0 Å². The molecule has 5 nitrogen and oxygen atoms in total. The van der Waals surface area contributed by atoms with E-state index in [0.29, 0.717) is 10.8 Å². The predicted molar refractivity (Wildman–Crippen MR) is 79.7 cm³/mol. The van der Waals surface area contributed by atoms with E-state index >= 15 is 0 Å². The monoisotopic (exact) mass is 302 g/mol. The van der Waals surface area contributed by atoms with Crippen molar-refractivity contribution in [2.24, 2.45) is 5.92 Å². The van der Waals surface area contributed by atoms with Crippen LogP contribution in [0.2, 0.25) is 0 Å². The van der Waals surface area contributed by atoms with Gasteiger partial charge in [-0.1, -0.05) is 41.7 Å². The molecule has 2 atom stereocenters. The van der Waals surface area contributed by atoms with E-state index in [9.17, 15) is 9.59 Å². The summed E-state index contributed by atoms with van der Waals surface area (Å²) in [5.74, 6) is -0.898. The molecule has 108 valence electrons. The van der Waals surface area contributed by atoms with Crippen LogP contribution in [0.4, 0.5) is 5.13 Å². The average Bonchev–Trinajstić information content (AvgIpc) is 3.18. The molecule has 1 aliphatic carbocycles. The minimum absolute atomic E-state index is 0.0510. The van der Waals surface area contributed by atoms with Gasteiger partial charge in [0.1, 0.15) is 4.88 Å². The molecule has 2 N–H and O–H groups in total. The normalized spacial score (nSPS) is 20.0. The minimum atomic E-state index is -1.01. The Labute approximate surface area is 125 Å². The van der Waals surface area contributed by atoms with Gasteiger partial charge in [-0.2, -0.15) is 0 Å². The molecule has 6 heteroatoms. The summed E-state index contributed by atoms with van der Waals surface area (Å²) in [7, 11) is 0. The van der Waals surface area contributed by atoms with Gasteiger partial charge in [0, 0.05) is 5.92 Å². The van der Waals surface area contributed by atoms with Gasteiger partial charge in [0.05, 0.1) is 5.69 Å². The number of hydrogen-bond donors (Lipinski definition) is 2. The van der Waals surface area contributed by atoms with Gasteiger partial charge in [-0.15, -0.1) is 0 Å². The van der Waals surface area contributed by atoms with E-state index < -0.39 is 5.97 Å². The smallest absolute Gasteiger partial charge is 0.347 e. The predicted octanol–water partition coefficient (Wildman–Crippen LogP) is 2.89. The lowest BCUT2D eigenvalue weighted by Crippen LogP contribution is -2.14. The van der Waals surface area contributed by atoms with Crippen molar-refractivity contribution in [3.63, 3.8) is 0 Å². The van der Waals surface area contributed by atoms with Crippen LogP contribution in [-0.4, -0.2) is 22.0 Å². The number of carboxylic acid groups (broad SMARTS) is 1. The highest BCUT2D eigenvalue weighted by Crippen LogP contribution is 2.48. The van der Waals surface area contributed by atoms with Gasteiger partial charge in [0.2, 0.25) is 5.91 Å². The molecule has 0 saturated heterocycles. The van der Waals surface area contributed by atoms with Crippen LogP contribution < -0.4 is 5.32 Å². The third-order valence-electron chi connectivity index (χ3n) is 3.58. The van der Waals surface area contributed by atoms with Crippen LogP contribution in [0.15, 0.2) is 30.3 Å². The van der Waals surface area contributed by atoms with Crippen LogP contribution >= 0.6 is 11.3 Å². The molecule has 1 aromatic carbocycles. The summed E-state index contributed by atoms with van der Waals surface area (Å²) in [6, 6.07) is 9.92. The summed E-state index contributed by atoms with van der Waals surface area (Å²) < 4.78 is 0. The number of anilines is 1. The molecule has 1 amide bonds. The number of rotatable bonds is 4. The van der Waals surface area contributed by atoms with Crippen molar-refractivity contribution in [1.82, 2.24) is 4.98 Å². The quantitative estimate of drug-likeness (QED) is 0.910. The minimum Gasteiger partial charge on any atom is -0.477 e. The number of carbonyl (C=O) groups is 2. The number of amides is 1. The molecule has 1 saturated carbocycles. The maximum Gasteiger partial charge on any atom is 0.347 e. The Hall–Kier alpha value is -2.21. The highest BCUT2D eigenvalue weighted by Gasteiger charge is 2.44. The number of nitrogens with one attached hydrogen (secondary N) is 1. The number of carboxylic acids is 1. The standard InChI is InChI=1S/C15H14N2O3S/c1-8-12(14(19)20)21-15(16-8)17-13(18)11-7-10(11)9-5-3-2-4-6-9/h2-6,10-11H,7H2,1H3,(H,19,20)(H,16,17,18). The van der Waals surface area contributed by atoms with Crippen molar-refractivity contribution in [2.45, 2.75) is 19.3 Å². The number of nitrogens with zero attached hydrogens (tertiary/aromatic N) is 1. The lowest BCUT2D eigenvalue weighted by Gasteiger charge is -2.01. The van der Waals surface area contributed by atoms with Crippen molar-refractivity contribution in [3.05, 3.63) is 46.5 Å². The molecule has 0 bridgehead atoms. The molecule has 0 radical (unpaired) electrons. The first-order valence-electron chi connectivity index (χ1n) is 6.63. The van der Waals surface area contributed by atoms with Crippen LogP contribution in [-0.2, 0) is 4.79 Å². The first-order chi connectivity index (χ1) is 10.1. The third-order valence-corrected chi connectivity index (χ3v) is 4.64. The van der Waals surface area contributed by atoms with Crippen molar-refractivity contribution < 1.29 is 14.7 Å². The summed E-state index contributed by atoms with van der Waals surface area (Å²) in [5, 5.41) is 12.1. The SMILES string of the molecule is Cc1nc(NC(=O)C2CC2c2ccccc2)sc1C(=O)O. The molecular formula is C15H14N2O3S. The van der Waals surface area contributed by atoms with E-state index in [1.165, 1.54) is 5.56 Å². The van der Waals surface area contributed by atoms with E-state index in [0.717, 1.165) is 17.8 Å². The topological polar surface area (TPSA) is 79.3 Å². The molecule has 1 fully saturated rings. The molecule has 1 aliphatic rings. The Morgan fingerprint density at radius 3 is 2.67 bits per heavy atom. The number of thiazole rings is 1. The van der Waals surface area contributed by atoms with Gasteiger partial charge >= 0.3 is 5.97 Å². The van der Waals surface area contributed by atoms with Crippen LogP contribution in [0.5, 0.6) is 0 Å². The molecule has 1 heterocycles. The summed E-state index contributed by atoms with van der Waals surface area (Å²) in [6.45, 7) is 1.62. The van der Waals surface area contributed by atoms with Crippen LogP contribution in [0, 0.1) is 12.8 Å². The first-order valence-corrected chi connectivity index (χ1v) is 7.44. The average molecular weight is 302 g/mol. The highest BCUT2D eigenvalue weighted by molar-refractivity contribution is 7.17. The second kappa shape index (κ2) is 5.29. The number of aryl methyl sites for hydroxylation is 1. The zero-order chi connectivity index (χ0) is 15.0. The van der Waals surface area contributed by atoms with Crippen molar-refractivity contribution in [3.8, 4) is 0 Å². The zero-order valence-electron chi connectivity index (χ0n) is 11.4. The summed E-state index contributed by atoms with van der Waals surface area (Å²) in [6.07, 6.45) is 0.825.